The Bertz CT molecular complexity index is 213. The highest BCUT2D eigenvalue weighted by Gasteiger charge is 2.11. The van der Waals surface area contributed by atoms with Gasteiger partial charge in [0.15, 0.2) is 0 Å². The number of unbranched alkanes of at least 4 members (excludes halogenated alkanes) is 1. The van der Waals surface area contributed by atoms with Gasteiger partial charge in [-0.25, -0.2) is 0 Å². The molecule has 0 saturated heterocycles. The van der Waals surface area contributed by atoms with Gasteiger partial charge in [0.2, 0.25) is 0 Å². The van der Waals surface area contributed by atoms with Crippen molar-refractivity contribution in [2.45, 2.75) is 77.0 Å². The molecule has 0 N–H and O–H groups in total. The van der Waals surface area contributed by atoms with Gasteiger partial charge in [-0.2, -0.15) is 0 Å². The average molecular weight is 246 g/mol. The summed E-state index contributed by atoms with van der Waals surface area (Å²) in [6.45, 7) is 0. The minimum atomic E-state index is 1.02. The van der Waals surface area contributed by atoms with Crippen molar-refractivity contribution in [3.63, 3.8) is 0 Å². The first kappa shape index (κ1) is 13.9. The molecule has 2 aliphatic rings. The Balaban J connectivity index is 1.52. The molecule has 2 rings (SSSR count). The molecule has 0 aliphatic heterocycles. The van der Waals surface area contributed by atoms with Crippen LogP contribution in [0.1, 0.15) is 77.0 Å². The lowest BCUT2D eigenvalue weighted by atomic mass is 9.90. The standard InChI is InChI=1S/C18H30/c1-2-6-12-17(11-5-1)15-9-10-16-18-13-7-3-4-8-14-18/h1-4,17-18H,5-16H2. The molecule has 0 aromatic heterocycles. The summed E-state index contributed by atoms with van der Waals surface area (Å²) in [6, 6.07) is 0. The van der Waals surface area contributed by atoms with Gasteiger partial charge >= 0.3 is 0 Å². The van der Waals surface area contributed by atoms with E-state index in [-0.39, 0.29) is 0 Å². The second-order valence-electron chi connectivity index (χ2n) is 6.27. The molecule has 0 radical (unpaired) electrons. The van der Waals surface area contributed by atoms with Crippen LogP contribution in [0.4, 0.5) is 0 Å². The fourth-order valence-corrected chi connectivity index (χ4v) is 3.53. The Morgan fingerprint density at radius 2 is 0.889 bits per heavy atom. The Hall–Kier alpha value is -0.520. The van der Waals surface area contributed by atoms with Crippen molar-refractivity contribution >= 4 is 0 Å². The molecule has 0 unspecified atom stereocenters. The van der Waals surface area contributed by atoms with E-state index in [4.69, 9.17) is 0 Å². The minimum Gasteiger partial charge on any atom is -0.0885 e. The van der Waals surface area contributed by atoms with E-state index in [2.05, 4.69) is 24.3 Å². The Morgan fingerprint density at radius 1 is 0.556 bits per heavy atom. The van der Waals surface area contributed by atoms with E-state index in [0.717, 1.165) is 11.8 Å². The molecule has 0 heteroatoms. The van der Waals surface area contributed by atoms with Gasteiger partial charge in [0.05, 0.1) is 0 Å². The van der Waals surface area contributed by atoms with E-state index in [9.17, 15) is 0 Å². The van der Waals surface area contributed by atoms with Crippen molar-refractivity contribution in [3.8, 4) is 0 Å². The highest BCUT2D eigenvalue weighted by molar-refractivity contribution is 4.87. The van der Waals surface area contributed by atoms with Crippen LogP contribution in [0.25, 0.3) is 0 Å². The number of allylic oxidation sites excluding steroid dienone is 4. The van der Waals surface area contributed by atoms with Gasteiger partial charge < -0.3 is 0 Å². The summed E-state index contributed by atoms with van der Waals surface area (Å²) in [5.74, 6) is 2.05. The molecule has 0 amide bonds. The van der Waals surface area contributed by atoms with Gasteiger partial charge in [-0.15, -0.1) is 0 Å². The maximum absolute atomic E-state index is 2.39. The van der Waals surface area contributed by atoms with Crippen LogP contribution in [0.5, 0.6) is 0 Å². The topological polar surface area (TPSA) is 0 Å². The fraction of sp³-hybridized carbons (Fsp3) is 0.778. The minimum absolute atomic E-state index is 1.02. The van der Waals surface area contributed by atoms with E-state index in [1.807, 2.05) is 0 Å². The summed E-state index contributed by atoms with van der Waals surface area (Å²) < 4.78 is 0. The van der Waals surface area contributed by atoms with Crippen LogP contribution in [-0.4, -0.2) is 0 Å². The molecule has 0 aromatic carbocycles. The summed E-state index contributed by atoms with van der Waals surface area (Å²) in [7, 11) is 0. The zero-order valence-electron chi connectivity index (χ0n) is 11.9. The third-order valence-electron chi connectivity index (χ3n) is 4.77. The van der Waals surface area contributed by atoms with Crippen LogP contribution in [0.15, 0.2) is 24.3 Å². The fourth-order valence-electron chi connectivity index (χ4n) is 3.53. The lowest BCUT2D eigenvalue weighted by Crippen LogP contribution is -2.01. The molecule has 0 nitrogen and oxygen atoms in total. The maximum Gasteiger partial charge on any atom is -0.0348 e. The molecule has 18 heavy (non-hydrogen) atoms. The normalized spacial score (nSPS) is 22.9. The molecule has 0 bridgehead atoms. The van der Waals surface area contributed by atoms with Crippen LogP contribution in [0, 0.1) is 11.8 Å². The largest absolute Gasteiger partial charge is 0.0885 e. The predicted octanol–water partition coefficient (Wildman–Crippen LogP) is 6.04. The van der Waals surface area contributed by atoms with E-state index in [1.165, 1.54) is 77.0 Å². The zero-order chi connectivity index (χ0) is 12.5. The van der Waals surface area contributed by atoms with Crippen LogP contribution >= 0.6 is 0 Å². The number of hydrogen-bond acceptors (Lipinski definition) is 0. The molecule has 0 atom stereocenters. The van der Waals surface area contributed by atoms with Gasteiger partial charge in [-0.3, -0.25) is 0 Å². The molecule has 102 valence electrons. The first-order chi connectivity index (χ1) is 8.95. The molecule has 0 saturated carbocycles. The summed E-state index contributed by atoms with van der Waals surface area (Å²) >= 11 is 0. The van der Waals surface area contributed by atoms with Crippen LogP contribution < -0.4 is 0 Å². The first-order valence-electron chi connectivity index (χ1n) is 8.25. The van der Waals surface area contributed by atoms with Gasteiger partial charge in [-0.05, 0) is 63.2 Å². The van der Waals surface area contributed by atoms with E-state index in [0.29, 0.717) is 0 Å². The SMILES string of the molecule is C1=CCCC(CCCCC2CCC=CCC2)CC1. The lowest BCUT2D eigenvalue weighted by molar-refractivity contribution is 0.375. The second kappa shape index (κ2) is 8.56. The van der Waals surface area contributed by atoms with E-state index in [1.54, 1.807) is 0 Å². The van der Waals surface area contributed by atoms with Crippen molar-refractivity contribution in [2.75, 3.05) is 0 Å². The molecular weight excluding hydrogens is 216 g/mol. The monoisotopic (exact) mass is 246 g/mol. The van der Waals surface area contributed by atoms with Crippen molar-refractivity contribution in [1.29, 1.82) is 0 Å². The maximum atomic E-state index is 2.39. The third kappa shape index (κ3) is 5.42. The third-order valence-corrected chi connectivity index (χ3v) is 4.77. The second-order valence-corrected chi connectivity index (χ2v) is 6.27. The highest BCUT2D eigenvalue weighted by atomic mass is 14.2. The van der Waals surface area contributed by atoms with Crippen molar-refractivity contribution < 1.29 is 0 Å². The average Bonchev–Trinajstić information content (AvgIpc) is 2.79. The summed E-state index contributed by atoms with van der Waals surface area (Å²) in [6.07, 6.45) is 26.6. The Kier molecular flexibility index (Phi) is 6.61. The molecule has 0 heterocycles. The Labute approximate surface area is 114 Å². The Morgan fingerprint density at radius 3 is 1.22 bits per heavy atom. The van der Waals surface area contributed by atoms with E-state index >= 15 is 0 Å². The van der Waals surface area contributed by atoms with Gasteiger partial charge in [-0.1, -0.05) is 50.0 Å². The molecule has 0 fully saturated rings. The zero-order valence-corrected chi connectivity index (χ0v) is 11.9. The van der Waals surface area contributed by atoms with Crippen LogP contribution in [-0.2, 0) is 0 Å². The lowest BCUT2D eigenvalue weighted by Gasteiger charge is -2.16. The van der Waals surface area contributed by atoms with Crippen LogP contribution in [0.3, 0.4) is 0 Å². The van der Waals surface area contributed by atoms with Gasteiger partial charge in [0.25, 0.3) is 0 Å². The van der Waals surface area contributed by atoms with Gasteiger partial charge in [0.1, 0.15) is 0 Å². The first-order valence-corrected chi connectivity index (χ1v) is 8.25. The quantitative estimate of drug-likeness (QED) is 0.410. The molecular formula is C18H30. The summed E-state index contributed by atoms with van der Waals surface area (Å²) in [5, 5.41) is 0. The number of rotatable bonds is 5. The van der Waals surface area contributed by atoms with Crippen molar-refractivity contribution in [1.82, 2.24) is 0 Å². The highest BCUT2D eigenvalue weighted by Crippen LogP contribution is 2.27. The van der Waals surface area contributed by atoms with E-state index < -0.39 is 0 Å². The molecule has 2 aliphatic carbocycles. The summed E-state index contributed by atoms with van der Waals surface area (Å²) in [4.78, 5) is 0. The predicted molar refractivity (Wildman–Crippen MR) is 80.7 cm³/mol. The number of hydrogen-bond donors (Lipinski definition) is 0. The molecule has 0 aromatic rings. The van der Waals surface area contributed by atoms with Crippen LogP contribution in [0.2, 0.25) is 0 Å². The molecule has 0 spiro atoms. The summed E-state index contributed by atoms with van der Waals surface area (Å²) in [5.41, 5.74) is 0. The van der Waals surface area contributed by atoms with Crippen molar-refractivity contribution in [2.24, 2.45) is 11.8 Å². The van der Waals surface area contributed by atoms with Gasteiger partial charge in [0, 0.05) is 0 Å². The smallest absolute Gasteiger partial charge is 0.0348 e. The van der Waals surface area contributed by atoms with Crippen molar-refractivity contribution in [3.05, 3.63) is 24.3 Å².